The van der Waals surface area contributed by atoms with Gasteiger partial charge >= 0.3 is 7.82 Å². The molecule has 0 heterocycles. The van der Waals surface area contributed by atoms with Crippen LogP contribution in [-0.2, 0) is 4.57 Å². The van der Waals surface area contributed by atoms with Crippen molar-refractivity contribution < 1.29 is 24.0 Å². The number of hydrogen-bond acceptors (Lipinski definition) is 3. The van der Waals surface area contributed by atoms with E-state index >= 15 is 0 Å². The quantitative estimate of drug-likeness (QED) is 0.699. The molecule has 2 rings (SSSR count). The third kappa shape index (κ3) is 2.33. The first-order valence-corrected chi connectivity index (χ1v) is 5.96. The predicted molar refractivity (Wildman–Crippen MR) is 58.3 cm³/mol. The van der Waals surface area contributed by atoms with Crippen molar-refractivity contribution in [2.75, 3.05) is 0 Å². The summed E-state index contributed by atoms with van der Waals surface area (Å²) < 4.78 is 15.1. The second-order valence-electron chi connectivity index (χ2n) is 3.24. The lowest BCUT2D eigenvalue weighted by Crippen LogP contribution is -1.89. The molecule has 6 heteroatoms. The summed E-state index contributed by atoms with van der Waals surface area (Å²) in [6, 6.07) is 9.26. The Morgan fingerprint density at radius 3 is 2.56 bits per heavy atom. The Morgan fingerprint density at radius 2 is 1.88 bits per heavy atom. The van der Waals surface area contributed by atoms with E-state index in [1.165, 1.54) is 24.3 Å². The molecule has 5 nitrogen and oxygen atoms in total. The summed E-state index contributed by atoms with van der Waals surface area (Å²) in [4.78, 5) is 17.3. The van der Waals surface area contributed by atoms with Crippen LogP contribution in [0.5, 0.6) is 11.5 Å². The second kappa shape index (κ2) is 3.79. The smallest absolute Gasteiger partial charge is 0.507 e. The maximum Gasteiger partial charge on any atom is 0.524 e. The Bertz CT molecular complexity index is 574. The number of hydrogen-bond donors (Lipinski definition) is 3. The minimum atomic E-state index is -4.54. The van der Waals surface area contributed by atoms with Crippen molar-refractivity contribution in [2.24, 2.45) is 0 Å². The van der Waals surface area contributed by atoms with Gasteiger partial charge in [-0.3, -0.25) is 9.79 Å². The monoisotopic (exact) mass is 240 g/mol. The molecule has 2 aromatic carbocycles. The van der Waals surface area contributed by atoms with Gasteiger partial charge in [-0.25, -0.2) is 4.57 Å². The lowest BCUT2D eigenvalue weighted by atomic mass is 10.1. The van der Waals surface area contributed by atoms with Crippen molar-refractivity contribution in [3.05, 3.63) is 36.4 Å². The molecule has 0 aromatic heterocycles. The standard InChI is InChI=1S/C10H9O5P/c11-10-3-1-2-7-6-8(4-5-9(7)10)15-16(12,13)14/h1-6,11H,(H2,12,13,14). The Balaban J connectivity index is 2.49. The van der Waals surface area contributed by atoms with E-state index in [0.29, 0.717) is 10.8 Å². The first-order valence-electron chi connectivity index (χ1n) is 4.42. The van der Waals surface area contributed by atoms with Crippen LogP contribution >= 0.6 is 7.82 Å². The molecule has 0 fully saturated rings. The van der Waals surface area contributed by atoms with E-state index in [0.717, 1.165) is 0 Å². The van der Waals surface area contributed by atoms with E-state index in [1.807, 2.05) is 0 Å². The normalized spacial score (nSPS) is 11.6. The van der Waals surface area contributed by atoms with Crippen LogP contribution in [0.2, 0.25) is 0 Å². The van der Waals surface area contributed by atoms with E-state index < -0.39 is 7.82 Å². The minimum absolute atomic E-state index is 0.0615. The van der Waals surface area contributed by atoms with E-state index in [4.69, 9.17) is 9.79 Å². The molecule has 0 aliphatic rings. The minimum Gasteiger partial charge on any atom is -0.507 e. The molecular weight excluding hydrogens is 231 g/mol. The van der Waals surface area contributed by atoms with Crippen LogP contribution < -0.4 is 4.52 Å². The highest BCUT2D eigenvalue weighted by atomic mass is 31.2. The maximum absolute atomic E-state index is 10.6. The molecule has 16 heavy (non-hydrogen) atoms. The van der Waals surface area contributed by atoms with E-state index in [9.17, 15) is 9.67 Å². The van der Waals surface area contributed by atoms with Crippen LogP contribution in [0.15, 0.2) is 36.4 Å². The topological polar surface area (TPSA) is 87.0 Å². The number of phosphoric ester groups is 1. The third-order valence-corrected chi connectivity index (χ3v) is 2.50. The van der Waals surface area contributed by atoms with Crippen molar-refractivity contribution >= 4 is 18.6 Å². The zero-order valence-corrected chi connectivity index (χ0v) is 8.96. The van der Waals surface area contributed by atoms with Crippen LogP contribution in [0.3, 0.4) is 0 Å². The van der Waals surface area contributed by atoms with E-state index in [2.05, 4.69) is 4.52 Å². The van der Waals surface area contributed by atoms with Gasteiger partial charge in [0.25, 0.3) is 0 Å². The molecule has 0 aliphatic carbocycles. The average Bonchev–Trinajstić information content (AvgIpc) is 2.15. The Kier molecular flexibility index (Phi) is 2.59. The molecule has 0 bridgehead atoms. The highest BCUT2D eigenvalue weighted by Crippen LogP contribution is 2.39. The molecule has 2 aromatic rings. The Hall–Kier alpha value is -1.55. The first kappa shape index (κ1) is 11.0. The number of phosphoric acid groups is 1. The Morgan fingerprint density at radius 1 is 1.12 bits per heavy atom. The summed E-state index contributed by atoms with van der Waals surface area (Å²) >= 11 is 0. The summed E-state index contributed by atoms with van der Waals surface area (Å²) in [5, 5.41) is 10.7. The lowest BCUT2D eigenvalue weighted by Gasteiger charge is -2.07. The fourth-order valence-electron chi connectivity index (χ4n) is 1.44. The number of phenols is 1. The van der Waals surface area contributed by atoms with Gasteiger partial charge in [0.1, 0.15) is 11.5 Å². The highest BCUT2D eigenvalue weighted by molar-refractivity contribution is 7.46. The summed E-state index contributed by atoms with van der Waals surface area (Å²) in [5.41, 5.74) is 0. The third-order valence-electron chi connectivity index (χ3n) is 2.05. The van der Waals surface area contributed by atoms with Gasteiger partial charge in [0.05, 0.1) is 0 Å². The predicted octanol–water partition coefficient (Wildman–Crippen LogP) is 2.02. The van der Waals surface area contributed by atoms with Crippen LogP contribution in [0.4, 0.5) is 0 Å². The largest absolute Gasteiger partial charge is 0.524 e. The summed E-state index contributed by atoms with van der Waals surface area (Å²) in [7, 11) is -4.54. The van der Waals surface area contributed by atoms with Gasteiger partial charge in [0, 0.05) is 5.39 Å². The van der Waals surface area contributed by atoms with Gasteiger partial charge < -0.3 is 9.63 Å². The molecule has 0 radical (unpaired) electrons. The van der Waals surface area contributed by atoms with Gasteiger partial charge in [-0.1, -0.05) is 12.1 Å². The number of phenolic OH excluding ortho intramolecular Hbond substituents is 1. The van der Waals surface area contributed by atoms with Gasteiger partial charge in [-0.2, -0.15) is 0 Å². The van der Waals surface area contributed by atoms with E-state index in [-0.39, 0.29) is 11.5 Å². The lowest BCUT2D eigenvalue weighted by molar-refractivity contribution is 0.283. The number of fused-ring (bicyclic) bond motifs is 1. The van der Waals surface area contributed by atoms with Gasteiger partial charge in [-0.05, 0) is 29.7 Å². The fourth-order valence-corrected chi connectivity index (χ4v) is 1.83. The molecule has 3 N–H and O–H groups in total. The molecule has 84 valence electrons. The van der Waals surface area contributed by atoms with Gasteiger partial charge in [0.2, 0.25) is 0 Å². The number of benzene rings is 2. The SMILES string of the molecule is O=P(O)(O)Oc1ccc2c(O)cccc2c1. The molecule has 0 amide bonds. The van der Waals surface area contributed by atoms with Crippen molar-refractivity contribution in [2.45, 2.75) is 0 Å². The van der Waals surface area contributed by atoms with Crippen molar-refractivity contribution in [1.29, 1.82) is 0 Å². The van der Waals surface area contributed by atoms with Crippen LogP contribution in [0, 0.1) is 0 Å². The molecule has 0 unspecified atom stereocenters. The Labute approximate surface area is 91.2 Å². The van der Waals surface area contributed by atoms with Gasteiger partial charge in [-0.15, -0.1) is 0 Å². The molecule has 0 aliphatic heterocycles. The van der Waals surface area contributed by atoms with E-state index in [1.54, 1.807) is 12.1 Å². The van der Waals surface area contributed by atoms with Gasteiger partial charge in [0.15, 0.2) is 0 Å². The first-order chi connectivity index (χ1) is 7.46. The van der Waals surface area contributed by atoms with Crippen molar-refractivity contribution in [3.63, 3.8) is 0 Å². The van der Waals surface area contributed by atoms with Crippen LogP contribution in [0.1, 0.15) is 0 Å². The molecular formula is C10H9O5P. The zero-order valence-electron chi connectivity index (χ0n) is 8.07. The number of aromatic hydroxyl groups is 1. The number of rotatable bonds is 2. The average molecular weight is 240 g/mol. The molecule has 0 saturated carbocycles. The maximum atomic E-state index is 10.6. The van der Waals surface area contributed by atoms with Crippen molar-refractivity contribution in [1.82, 2.24) is 0 Å². The highest BCUT2D eigenvalue weighted by Gasteiger charge is 2.15. The zero-order chi connectivity index (χ0) is 11.8. The van der Waals surface area contributed by atoms with Crippen molar-refractivity contribution in [3.8, 4) is 11.5 Å². The van der Waals surface area contributed by atoms with Crippen LogP contribution in [-0.4, -0.2) is 14.9 Å². The molecule has 0 spiro atoms. The summed E-state index contributed by atoms with van der Waals surface area (Å²) in [6.45, 7) is 0. The molecule has 0 saturated heterocycles. The van der Waals surface area contributed by atoms with Crippen LogP contribution in [0.25, 0.3) is 10.8 Å². The summed E-state index contributed by atoms with van der Waals surface area (Å²) in [6.07, 6.45) is 0. The second-order valence-corrected chi connectivity index (χ2v) is 4.41. The molecule has 0 atom stereocenters. The summed E-state index contributed by atoms with van der Waals surface area (Å²) in [5.74, 6) is 0.173. The fraction of sp³-hybridized carbons (Fsp3) is 0.